The van der Waals surface area contributed by atoms with Crippen LogP contribution in [0.1, 0.15) is 15.9 Å². The smallest absolute Gasteiger partial charge is 0.342 e. The second kappa shape index (κ2) is 10.0. The number of rotatable bonds is 7. The summed E-state index contributed by atoms with van der Waals surface area (Å²) in [6.45, 7) is 5.04. The molecule has 3 aromatic rings. The monoisotopic (exact) mass is 418 g/mol. The van der Waals surface area contributed by atoms with Crippen LogP contribution in [-0.2, 0) is 9.53 Å². The molecule has 0 bridgehead atoms. The van der Waals surface area contributed by atoms with E-state index >= 15 is 0 Å². The fourth-order valence-electron chi connectivity index (χ4n) is 2.74. The number of aryl methyl sites for hydroxylation is 1. The standard InChI is InChI=1S/C23H22N4O4/c1-3-13-24-23(30)25-20(28)15-31-22(29)19-14-27(18-11-9-16(2)10-12-18)26-21(19)17-7-5-4-6-8-17/h3-12,14H,1,13,15H2,2H3,(H2,24,25,28,30). The van der Waals surface area contributed by atoms with Crippen LogP contribution in [0, 0.1) is 6.92 Å². The van der Waals surface area contributed by atoms with Crippen molar-refractivity contribution in [3.05, 3.63) is 84.6 Å². The van der Waals surface area contributed by atoms with Gasteiger partial charge in [0.15, 0.2) is 6.61 Å². The Labute approximate surface area is 179 Å². The van der Waals surface area contributed by atoms with Crippen molar-refractivity contribution in [2.24, 2.45) is 0 Å². The van der Waals surface area contributed by atoms with E-state index in [1.165, 1.54) is 6.08 Å². The molecule has 2 N–H and O–H groups in total. The number of esters is 1. The third-order valence-electron chi connectivity index (χ3n) is 4.27. The summed E-state index contributed by atoms with van der Waals surface area (Å²) in [4.78, 5) is 36.1. The van der Waals surface area contributed by atoms with Crippen molar-refractivity contribution in [2.75, 3.05) is 13.2 Å². The molecule has 3 rings (SSSR count). The van der Waals surface area contributed by atoms with Gasteiger partial charge in [0.05, 0.1) is 5.69 Å². The first-order valence-corrected chi connectivity index (χ1v) is 9.55. The van der Waals surface area contributed by atoms with E-state index in [4.69, 9.17) is 4.74 Å². The Morgan fingerprint density at radius 1 is 1.10 bits per heavy atom. The number of carbonyl (C=O) groups excluding carboxylic acids is 3. The second-order valence-corrected chi connectivity index (χ2v) is 6.66. The Balaban J connectivity index is 1.79. The van der Waals surface area contributed by atoms with Gasteiger partial charge in [-0.2, -0.15) is 5.10 Å². The van der Waals surface area contributed by atoms with Crippen LogP contribution >= 0.6 is 0 Å². The quantitative estimate of drug-likeness (QED) is 0.454. The molecule has 0 aliphatic carbocycles. The van der Waals surface area contributed by atoms with E-state index in [1.807, 2.05) is 61.5 Å². The summed E-state index contributed by atoms with van der Waals surface area (Å²) >= 11 is 0. The van der Waals surface area contributed by atoms with E-state index in [-0.39, 0.29) is 12.1 Å². The van der Waals surface area contributed by atoms with Crippen LogP contribution in [0.15, 0.2) is 73.4 Å². The molecular weight excluding hydrogens is 396 g/mol. The van der Waals surface area contributed by atoms with Crippen molar-refractivity contribution in [2.45, 2.75) is 6.92 Å². The molecule has 0 spiro atoms. The summed E-state index contributed by atoms with van der Waals surface area (Å²) in [5.74, 6) is -1.47. The first-order valence-electron chi connectivity index (χ1n) is 9.55. The van der Waals surface area contributed by atoms with Crippen LogP contribution in [-0.4, -0.2) is 40.8 Å². The zero-order valence-corrected chi connectivity index (χ0v) is 17.0. The highest BCUT2D eigenvalue weighted by Crippen LogP contribution is 2.24. The predicted octanol–water partition coefficient (Wildman–Crippen LogP) is 3.02. The molecular formula is C23H22N4O4. The molecule has 0 unspecified atom stereocenters. The lowest BCUT2D eigenvalue weighted by Gasteiger charge is -2.06. The van der Waals surface area contributed by atoms with E-state index in [9.17, 15) is 14.4 Å². The lowest BCUT2D eigenvalue weighted by molar-refractivity contribution is -0.123. The van der Waals surface area contributed by atoms with E-state index < -0.39 is 24.5 Å². The molecule has 158 valence electrons. The van der Waals surface area contributed by atoms with Gasteiger partial charge in [0.2, 0.25) is 0 Å². The maximum absolute atomic E-state index is 12.7. The van der Waals surface area contributed by atoms with Gasteiger partial charge in [-0.25, -0.2) is 14.3 Å². The van der Waals surface area contributed by atoms with Crippen LogP contribution in [0.25, 0.3) is 16.9 Å². The fourth-order valence-corrected chi connectivity index (χ4v) is 2.74. The van der Waals surface area contributed by atoms with Crippen molar-refractivity contribution in [3.63, 3.8) is 0 Å². The van der Waals surface area contributed by atoms with Crippen molar-refractivity contribution >= 4 is 17.9 Å². The molecule has 0 aliphatic heterocycles. The largest absolute Gasteiger partial charge is 0.452 e. The van der Waals surface area contributed by atoms with E-state index in [0.717, 1.165) is 16.8 Å². The molecule has 0 aliphatic rings. The van der Waals surface area contributed by atoms with Gasteiger partial charge in [0, 0.05) is 18.3 Å². The first kappa shape index (κ1) is 21.5. The summed E-state index contributed by atoms with van der Waals surface area (Å²) < 4.78 is 6.71. The highest BCUT2D eigenvalue weighted by Gasteiger charge is 2.21. The number of nitrogens with zero attached hydrogens (tertiary/aromatic N) is 2. The number of carbonyl (C=O) groups is 3. The van der Waals surface area contributed by atoms with E-state index in [1.54, 1.807) is 10.9 Å². The number of benzene rings is 2. The van der Waals surface area contributed by atoms with Crippen LogP contribution in [0.4, 0.5) is 4.79 Å². The minimum atomic E-state index is -0.748. The van der Waals surface area contributed by atoms with Gasteiger partial charge < -0.3 is 10.1 Å². The van der Waals surface area contributed by atoms with E-state index in [2.05, 4.69) is 22.3 Å². The number of nitrogens with one attached hydrogen (secondary N) is 2. The molecule has 1 aromatic heterocycles. The van der Waals surface area contributed by atoms with Gasteiger partial charge in [0.25, 0.3) is 5.91 Å². The molecule has 8 heteroatoms. The number of ether oxygens (including phenoxy) is 1. The number of amides is 3. The molecule has 0 saturated heterocycles. The zero-order chi connectivity index (χ0) is 22.2. The normalized spacial score (nSPS) is 10.2. The Bertz CT molecular complexity index is 1090. The van der Waals surface area contributed by atoms with E-state index in [0.29, 0.717) is 5.69 Å². The molecule has 3 amide bonds. The topological polar surface area (TPSA) is 102 Å². The number of hydrogen-bond acceptors (Lipinski definition) is 5. The van der Waals surface area contributed by atoms with Gasteiger partial charge in [-0.3, -0.25) is 10.1 Å². The Morgan fingerprint density at radius 3 is 2.48 bits per heavy atom. The average Bonchev–Trinajstić information content (AvgIpc) is 3.23. The predicted molar refractivity (Wildman–Crippen MR) is 116 cm³/mol. The molecule has 0 radical (unpaired) electrons. The molecule has 1 heterocycles. The van der Waals surface area contributed by atoms with Gasteiger partial charge in [0.1, 0.15) is 11.3 Å². The molecule has 2 aromatic carbocycles. The Hall–Kier alpha value is -4.20. The molecule has 0 atom stereocenters. The highest BCUT2D eigenvalue weighted by atomic mass is 16.5. The van der Waals surface area contributed by atoms with Gasteiger partial charge in [-0.05, 0) is 19.1 Å². The highest BCUT2D eigenvalue weighted by molar-refractivity contribution is 5.99. The number of imide groups is 1. The van der Waals surface area contributed by atoms with Gasteiger partial charge in [-0.15, -0.1) is 6.58 Å². The zero-order valence-electron chi connectivity index (χ0n) is 17.0. The van der Waals surface area contributed by atoms with Crippen LogP contribution in [0.5, 0.6) is 0 Å². The van der Waals surface area contributed by atoms with Gasteiger partial charge in [-0.1, -0.05) is 54.1 Å². The van der Waals surface area contributed by atoms with Crippen molar-refractivity contribution in [1.82, 2.24) is 20.4 Å². The van der Waals surface area contributed by atoms with Crippen molar-refractivity contribution in [1.29, 1.82) is 0 Å². The minimum Gasteiger partial charge on any atom is -0.452 e. The van der Waals surface area contributed by atoms with Gasteiger partial charge >= 0.3 is 12.0 Å². The average molecular weight is 418 g/mol. The van der Waals surface area contributed by atoms with Crippen LogP contribution in [0.3, 0.4) is 0 Å². The first-order chi connectivity index (χ1) is 15.0. The Morgan fingerprint density at radius 2 is 1.81 bits per heavy atom. The summed E-state index contributed by atoms with van der Waals surface area (Å²) in [6.07, 6.45) is 3.03. The maximum Gasteiger partial charge on any atom is 0.342 e. The molecule has 31 heavy (non-hydrogen) atoms. The molecule has 0 fully saturated rings. The lowest BCUT2D eigenvalue weighted by Crippen LogP contribution is -2.41. The molecule has 8 nitrogen and oxygen atoms in total. The van der Waals surface area contributed by atoms with Crippen molar-refractivity contribution < 1.29 is 19.1 Å². The number of hydrogen-bond donors (Lipinski definition) is 2. The third-order valence-corrected chi connectivity index (χ3v) is 4.27. The second-order valence-electron chi connectivity index (χ2n) is 6.66. The number of urea groups is 1. The number of aromatic nitrogens is 2. The Kier molecular flexibility index (Phi) is 6.95. The van der Waals surface area contributed by atoms with Crippen molar-refractivity contribution in [3.8, 4) is 16.9 Å². The summed E-state index contributed by atoms with van der Waals surface area (Å²) in [7, 11) is 0. The summed E-state index contributed by atoms with van der Waals surface area (Å²) in [5.41, 5.74) is 3.24. The minimum absolute atomic E-state index is 0.204. The SMILES string of the molecule is C=CCNC(=O)NC(=O)COC(=O)c1cn(-c2ccc(C)cc2)nc1-c1ccccc1. The summed E-state index contributed by atoms with van der Waals surface area (Å²) in [6, 6.07) is 16.2. The van der Waals surface area contributed by atoms with Crippen LogP contribution < -0.4 is 10.6 Å². The third kappa shape index (κ3) is 5.66. The maximum atomic E-state index is 12.7. The molecule has 0 saturated carbocycles. The summed E-state index contributed by atoms with van der Waals surface area (Å²) in [5, 5.41) is 9.02. The van der Waals surface area contributed by atoms with Crippen LogP contribution in [0.2, 0.25) is 0 Å². The lowest BCUT2D eigenvalue weighted by atomic mass is 10.1. The fraction of sp³-hybridized carbons (Fsp3) is 0.130.